The Labute approximate surface area is 68.6 Å². The fraction of sp³-hybridized carbons (Fsp3) is 1.00. The van der Waals surface area contributed by atoms with Crippen molar-refractivity contribution in [3.05, 3.63) is 0 Å². The number of aliphatic hydroxyl groups excluding tert-OH is 1. The Morgan fingerprint density at radius 2 is 2.09 bits per heavy atom. The van der Waals surface area contributed by atoms with Gasteiger partial charge in [-0.2, -0.15) is 0 Å². The number of ether oxygens (including phenoxy) is 1. The Hall–Kier alpha value is -0.0800. The predicted octanol–water partition coefficient (Wildman–Crippen LogP) is 1.57. The molecule has 1 aliphatic rings. The minimum absolute atomic E-state index is 0.0406. The highest BCUT2D eigenvalue weighted by molar-refractivity contribution is 4.88. The van der Waals surface area contributed by atoms with Crippen LogP contribution >= 0.6 is 0 Å². The van der Waals surface area contributed by atoms with Gasteiger partial charge in [-0.15, -0.1) is 0 Å². The first kappa shape index (κ1) is 9.01. The average molecular weight is 158 g/mol. The summed E-state index contributed by atoms with van der Waals surface area (Å²) in [5.74, 6) is 0. The minimum Gasteiger partial charge on any atom is -0.390 e. The minimum atomic E-state index is -0.291. The molecule has 66 valence electrons. The molecule has 2 atom stereocenters. The molecule has 1 fully saturated rings. The third-order valence-electron chi connectivity index (χ3n) is 2.77. The number of hydrogen-bond acceptors (Lipinski definition) is 2. The van der Waals surface area contributed by atoms with E-state index in [1.54, 1.807) is 7.11 Å². The van der Waals surface area contributed by atoms with Gasteiger partial charge in [0.25, 0.3) is 0 Å². The van der Waals surface area contributed by atoms with Gasteiger partial charge in [-0.1, -0.05) is 20.3 Å². The van der Waals surface area contributed by atoms with Crippen LogP contribution < -0.4 is 0 Å². The molecule has 1 saturated carbocycles. The summed E-state index contributed by atoms with van der Waals surface area (Å²) < 4.78 is 5.19. The Bertz CT molecular complexity index is 132. The second-order valence-corrected chi connectivity index (χ2v) is 4.10. The highest BCUT2D eigenvalue weighted by Gasteiger charge is 2.37. The van der Waals surface area contributed by atoms with E-state index in [0.29, 0.717) is 0 Å². The summed E-state index contributed by atoms with van der Waals surface area (Å²) in [6, 6.07) is 0. The number of hydrogen-bond donors (Lipinski definition) is 1. The van der Waals surface area contributed by atoms with E-state index in [-0.39, 0.29) is 17.6 Å². The highest BCUT2D eigenvalue weighted by atomic mass is 16.5. The van der Waals surface area contributed by atoms with E-state index in [2.05, 4.69) is 13.8 Å². The van der Waals surface area contributed by atoms with Crippen LogP contribution in [0.2, 0.25) is 0 Å². The first-order chi connectivity index (χ1) is 5.08. The zero-order valence-electron chi connectivity index (χ0n) is 7.63. The standard InChI is InChI=1S/C9H18O2/c1-9(2)6-4-5-7(11-3)8(9)10/h7-8,10H,4-6H2,1-3H3. The largest absolute Gasteiger partial charge is 0.390 e. The third-order valence-corrected chi connectivity index (χ3v) is 2.77. The van der Waals surface area contributed by atoms with Gasteiger partial charge in [-0.3, -0.25) is 0 Å². The maximum atomic E-state index is 9.77. The van der Waals surface area contributed by atoms with Gasteiger partial charge >= 0.3 is 0 Å². The lowest BCUT2D eigenvalue weighted by Crippen LogP contribution is -2.44. The molecule has 0 aromatic carbocycles. The van der Waals surface area contributed by atoms with Gasteiger partial charge < -0.3 is 9.84 Å². The Kier molecular flexibility index (Phi) is 2.55. The van der Waals surface area contributed by atoms with Crippen LogP contribution in [0.3, 0.4) is 0 Å². The summed E-state index contributed by atoms with van der Waals surface area (Å²) in [5.41, 5.74) is 0.0406. The van der Waals surface area contributed by atoms with Gasteiger partial charge in [0.05, 0.1) is 12.2 Å². The monoisotopic (exact) mass is 158 g/mol. The first-order valence-corrected chi connectivity index (χ1v) is 4.29. The summed E-state index contributed by atoms with van der Waals surface area (Å²) in [5, 5.41) is 9.77. The van der Waals surface area contributed by atoms with Crippen LogP contribution in [-0.2, 0) is 4.74 Å². The summed E-state index contributed by atoms with van der Waals surface area (Å²) in [6.07, 6.45) is 3.04. The Balaban J connectivity index is 2.60. The molecule has 0 bridgehead atoms. The molecule has 0 radical (unpaired) electrons. The van der Waals surface area contributed by atoms with Crippen molar-refractivity contribution in [3.63, 3.8) is 0 Å². The molecule has 2 unspecified atom stereocenters. The van der Waals surface area contributed by atoms with Crippen LogP contribution in [0.5, 0.6) is 0 Å². The second kappa shape index (κ2) is 3.11. The zero-order chi connectivity index (χ0) is 8.48. The van der Waals surface area contributed by atoms with Crippen LogP contribution in [0.15, 0.2) is 0 Å². The number of aliphatic hydroxyl groups is 1. The van der Waals surface area contributed by atoms with Gasteiger partial charge in [0, 0.05) is 7.11 Å². The van der Waals surface area contributed by atoms with Crippen LogP contribution in [0, 0.1) is 5.41 Å². The topological polar surface area (TPSA) is 29.5 Å². The summed E-state index contributed by atoms with van der Waals surface area (Å²) in [7, 11) is 1.68. The molecule has 0 spiro atoms. The number of methoxy groups -OCH3 is 1. The molecule has 1 N–H and O–H groups in total. The molecule has 11 heavy (non-hydrogen) atoms. The lowest BCUT2D eigenvalue weighted by Gasteiger charge is -2.39. The lowest BCUT2D eigenvalue weighted by atomic mass is 9.73. The van der Waals surface area contributed by atoms with Gasteiger partial charge in [0.15, 0.2) is 0 Å². The fourth-order valence-electron chi connectivity index (χ4n) is 1.81. The summed E-state index contributed by atoms with van der Waals surface area (Å²) >= 11 is 0. The average Bonchev–Trinajstić information content (AvgIpc) is 1.95. The van der Waals surface area contributed by atoms with E-state index >= 15 is 0 Å². The molecule has 0 aromatic rings. The van der Waals surface area contributed by atoms with Gasteiger partial charge in [-0.05, 0) is 18.3 Å². The van der Waals surface area contributed by atoms with Crippen molar-refractivity contribution in [1.29, 1.82) is 0 Å². The van der Waals surface area contributed by atoms with E-state index in [1.807, 2.05) is 0 Å². The van der Waals surface area contributed by atoms with Crippen molar-refractivity contribution >= 4 is 0 Å². The third kappa shape index (κ3) is 1.74. The van der Waals surface area contributed by atoms with Gasteiger partial charge in [-0.25, -0.2) is 0 Å². The molecule has 2 heteroatoms. The molecule has 0 amide bonds. The van der Waals surface area contributed by atoms with Crippen LogP contribution in [-0.4, -0.2) is 24.4 Å². The molecule has 1 aliphatic carbocycles. The second-order valence-electron chi connectivity index (χ2n) is 4.10. The van der Waals surface area contributed by atoms with E-state index in [4.69, 9.17) is 4.74 Å². The SMILES string of the molecule is COC1CCCC(C)(C)C1O. The lowest BCUT2D eigenvalue weighted by molar-refractivity contribution is -0.0973. The van der Waals surface area contributed by atoms with Crippen LogP contribution in [0.1, 0.15) is 33.1 Å². The van der Waals surface area contributed by atoms with Crippen LogP contribution in [0.4, 0.5) is 0 Å². The maximum Gasteiger partial charge on any atom is 0.0852 e. The summed E-state index contributed by atoms with van der Waals surface area (Å²) in [6.45, 7) is 4.20. The van der Waals surface area contributed by atoms with Crippen molar-refractivity contribution in [2.45, 2.75) is 45.3 Å². The van der Waals surface area contributed by atoms with Crippen molar-refractivity contribution in [2.75, 3.05) is 7.11 Å². The normalized spacial score (nSPS) is 37.1. The van der Waals surface area contributed by atoms with Crippen molar-refractivity contribution in [1.82, 2.24) is 0 Å². The molecule has 0 aliphatic heterocycles. The molecule has 0 aromatic heterocycles. The van der Waals surface area contributed by atoms with Gasteiger partial charge in [0.1, 0.15) is 0 Å². The Morgan fingerprint density at radius 1 is 1.45 bits per heavy atom. The van der Waals surface area contributed by atoms with E-state index in [9.17, 15) is 5.11 Å². The fourth-order valence-corrected chi connectivity index (χ4v) is 1.81. The Morgan fingerprint density at radius 3 is 2.55 bits per heavy atom. The highest BCUT2D eigenvalue weighted by Crippen LogP contribution is 2.36. The smallest absolute Gasteiger partial charge is 0.0852 e. The van der Waals surface area contributed by atoms with Crippen molar-refractivity contribution in [2.24, 2.45) is 5.41 Å². The molecular formula is C9H18O2. The molecular weight excluding hydrogens is 140 g/mol. The quantitative estimate of drug-likeness (QED) is 0.627. The molecule has 0 heterocycles. The van der Waals surface area contributed by atoms with E-state index in [0.717, 1.165) is 12.8 Å². The number of rotatable bonds is 1. The zero-order valence-corrected chi connectivity index (χ0v) is 7.63. The maximum absolute atomic E-state index is 9.77. The van der Waals surface area contributed by atoms with Crippen molar-refractivity contribution in [3.8, 4) is 0 Å². The molecule has 0 saturated heterocycles. The van der Waals surface area contributed by atoms with Crippen LogP contribution in [0.25, 0.3) is 0 Å². The predicted molar refractivity (Wildman–Crippen MR) is 44.4 cm³/mol. The van der Waals surface area contributed by atoms with Gasteiger partial charge in [0.2, 0.25) is 0 Å². The first-order valence-electron chi connectivity index (χ1n) is 4.29. The van der Waals surface area contributed by atoms with E-state index in [1.165, 1.54) is 6.42 Å². The van der Waals surface area contributed by atoms with E-state index < -0.39 is 0 Å². The molecule has 1 rings (SSSR count). The summed E-state index contributed by atoms with van der Waals surface area (Å²) in [4.78, 5) is 0. The molecule has 2 nitrogen and oxygen atoms in total. The van der Waals surface area contributed by atoms with Crippen molar-refractivity contribution < 1.29 is 9.84 Å².